The Morgan fingerprint density at radius 2 is 2.11 bits per heavy atom. The minimum atomic E-state index is -1.13. The van der Waals surface area contributed by atoms with Crippen LogP contribution in [0.4, 0.5) is 14.5 Å². The standard InChI is InChI=1S/C11H6F2N4O2/c1-19-11(18)6-4-15-9-3-8(13)7(12)2-5(9)10(6)16-17-14/h2-4H,1H3. The first-order valence-corrected chi connectivity index (χ1v) is 4.99. The number of nitrogens with zero attached hydrogens (tertiary/aromatic N) is 4. The van der Waals surface area contributed by atoms with Crippen molar-refractivity contribution in [3.05, 3.63) is 46.0 Å². The molecule has 0 saturated carbocycles. The van der Waals surface area contributed by atoms with Gasteiger partial charge in [-0.15, -0.1) is 0 Å². The fourth-order valence-electron chi connectivity index (χ4n) is 1.58. The van der Waals surface area contributed by atoms with E-state index in [1.165, 1.54) is 0 Å². The molecule has 0 aliphatic rings. The minimum absolute atomic E-state index is 0.0274. The van der Waals surface area contributed by atoms with Crippen molar-refractivity contribution in [1.82, 2.24) is 4.98 Å². The normalized spacial score (nSPS) is 10.1. The van der Waals surface area contributed by atoms with Crippen molar-refractivity contribution in [2.24, 2.45) is 5.11 Å². The number of carbonyl (C=O) groups is 1. The van der Waals surface area contributed by atoms with Crippen molar-refractivity contribution in [1.29, 1.82) is 0 Å². The molecule has 0 unspecified atom stereocenters. The molecule has 6 nitrogen and oxygen atoms in total. The monoisotopic (exact) mass is 264 g/mol. The number of hydrogen-bond donors (Lipinski definition) is 0. The molecule has 2 aromatic rings. The third kappa shape index (κ3) is 2.16. The predicted octanol–water partition coefficient (Wildman–Crippen LogP) is 3.24. The van der Waals surface area contributed by atoms with Gasteiger partial charge in [0.15, 0.2) is 11.6 Å². The Hall–Kier alpha value is -2.73. The molecular formula is C11H6F2N4O2. The summed E-state index contributed by atoms with van der Waals surface area (Å²) in [6.45, 7) is 0. The molecule has 0 saturated heterocycles. The fourth-order valence-corrected chi connectivity index (χ4v) is 1.58. The van der Waals surface area contributed by atoms with E-state index in [-0.39, 0.29) is 22.2 Å². The zero-order chi connectivity index (χ0) is 14.0. The number of aromatic nitrogens is 1. The molecule has 0 spiro atoms. The van der Waals surface area contributed by atoms with Gasteiger partial charge in [0.25, 0.3) is 0 Å². The number of fused-ring (bicyclic) bond motifs is 1. The number of carbonyl (C=O) groups excluding carboxylic acids is 1. The number of azide groups is 1. The molecule has 0 N–H and O–H groups in total. The van der Waals surface area contributed by atoms with E-state index in [0.29, 0.717) is 0 Å². The molecule has 0 bridgehead atoms. The Labute approximate surface area is 105 Å². The van der Waals surface area contributed by atoms with Crippen LogP contribution in [0.3, 0.4) is 0 Å². The van der Waals surface area contributed by atoms with Crippen LogP contribution < -0.4 is 0 Å². The van der Waals surface area contributed by atoms with Crippen molar-refractivity contribution >= 4 is 22.6 Å². The largest absolute Gasteiger partial charge is 0.465 e. The second-order valence-corrected chi connectivity index (χ2v) is 3.48. The molecule has 2 rings (SSSR count). The molecule has 1 aromatic carbocycles. The minimum Gasteiger partial charge on any atom is -0.465 e. The topological polar surface area (TPSA) is 88.0 Å². The van der Waals surface area contributed by atoms with Gasteiger partial charge in [-0.05, 0) is 11.6 Å². The zero-order valence-electron chi connectivity index (χ0n) is 9.59. The lowest BCUT2D eigenvalue weighted by atomic mass is 10.1. The van der Waals surface area contributed by atoms with Crippen molar-refractivity contribution in [3.63, 3.8) is 0 Å². The number of hydrogen-bond acceptors (Lipinski definition) is 4. The van der Waals surface area contributed by atoms with Gasteiger partial charge in [0.2, 0.25) is 0 Å². The van der Waals surface area contributed by atoms with E-state index < -0.39 is 17.6 Å². The lowest BCUT2D eigenvalue weighted by molar-refractivity contribution is 0.0601. The third-order valence-electron chi connectivity index (χ3n) is 2.43. The van der Waals surface area contributed by atoms with Gasteiger partial charge in [-0.25, -0.2) is 13.6 Å². The molecule has 0 atom stereocenters. The second-order valence-electron chi connectivity index (χ2n) is 3.48. The lowest BCUT2D eigenvalue weighted by Crippen LogP contribution is -2.03. The summed E-state index contributed by atoms with van der Waals surface area (Å²) in [5, 5.41) is 3.35. The summed E-state index contributed by atoms with van der Waals surface area (Å²) in [7, 11) is 1.14. The maximum atomic E-state index is 13.2. The molecule has 0 aliphatic carbocycles. The van der Waals surface area contributed by atoms with Crippen LogP contribution in [-0.4, -0.2) is 18.1 Å². The number of esters is 1. The SMILES string of the molecule is COC(=O)c1cnc2cc(F)c(F)cc2c1N=[N+]=[N-]. The van der Waals surface area contributed by atoms with E-state index in [1.54, 1.807) is 0 Å². The number of benzene rings is 1. The highest BCUT2D eigenvalue weighted by atomic mass is 19.2. The number of rotatable bonds is 2. The maximum Gasteiger partial charge on any atom is 0.339 e. The van der Waals surface area contributed by atoms with Gasteiger partial charge in [-0.1, -0.05) is 5.11 Å². The van der Waals surface area contributed by atoms with E-state index >= 15 is 0 Å². The highest BCUT2D eigenvalue weighted by Crippen LogP contribution is 2.30. The van der Waals surface area contributed by atoms with E-state index in [9.17, 15) is 13.6 Å². The van der Waals surface area contributed by atoms with E-state index in [2.05, 4.69) is 19.7 Å². The number of ether oxygens (including phenoxy) is 1. The van der Waals surface area contributed by atoms with Gasteiger partial charge < -0.3 is 4.74 Å². The Morgan fingerprint density at radius 1 is 1.42 bits per heavy atom. The van der Waals surface area contributed by atoms with E-state index in [4.69, 9.17) is 5.53 Å². The zero-order valence-corrected chi connectivity index (χ0v) is 9.59. The van der Waals surface area contributed by atoms with Crippen LogP contribution in [0.5, 0.6) is 0 Å². The van der Waals surface area contributed by atoms with Gasteiger partial charge in [-0.2, -0.15) is 0 Å². The molecule has 0 fully saturated rings. The molecule has 1 aromatic heterocycles. The second kappa shape index (κ2) is 4.87. The first-order valence-electron chi connectivity index (χ1n) is 4.99. The maximum absolute atomic E-state index is 13.2. The van der Waals surface area contributed by atoms with Crippen LogP contribution >= 0.6 is 0 Å². The van der Waals surface area contributed by atoms with Gasteiger partial charge in [0, 0.05) is 22.6 Å². The van der Waals surface area contributed by atoms with Crippen molar-refractivity contribution in [2.45, 2.75) is 0 Å². The summed E-state index contributed by atoms with van der Waals surface area (Å²) in [6, 6.07) is 1.66. The van der Waals surface area contributed by atoms with Crippen molar-refractivity contribution < 1.29 is 18.3 Å². The highest BCUT2D eigenvalue weighted by Gasteiger charge is 2.16. The summed E-state index contributed by atoms with van der Waals surface area (Å²) >= 11 is 0. The van der Waals surface area contributed by atoms with Gasteiger partial charge >= 0.3 is 5.97 Å². The van der Waals surface area contributed by atoms with Crippen LogP contribution in [0.25, 0.3) is 21.3 Å². The Kier molecular flexibility index (Phi) is 3.26. The van der Waals surface area contributed by atoms with Crippen LogP contribution in [0, 0.1) is 11.6 Å². The average molecular weight is 264 g/mol. The molecule has 0 amide bonds. The Morgan fingerprint density at radius 3 is 2.74 bits per heavy atom. The number of methoxy groups -OCH3 is 1. The predicted molar refractivity (Wildman–Crippen MR) is 61.8 cm³/mol. The summed E-state index contributed by atoms with van der Waals surface area (Å²) < 4.78 is 30.8. The average Bonchev–Trinajstić information content (AvgIpc) is 2.40. The van der Waals surface area contributed by atoms with E-state index in [1.807, 2.05) is 0 Å². The third-order valence-corrected chi connectivity index (χ3v) is 2.43. The molecule has 96 valence electrons. The van der Waals surface area contributed by atoms with Crippen LogP contribution in [0.15, 0.2) is 23.4 Å². The summed E-state index contributed by atoms with van der Waals surface area (Å²) in [4.78, 5) is 17.9. The van der Waals surface area contributed by atoms with Gasteiger partial charge in [-0.3, -0.25) is 4.98 Å². The molecular weight excluding hydrogens is 258 g/mol. The summed E-state index contributed by atoms with van der Waals surface area (Å²) in [6.07, 6.45) is 1.08. The first-order chi connectivity index (χ1) is 9.08. The van der Waals surface area contributed by atoms with E-state index in [0.717, 1.165) is 25.4 Å². The molecule has 1 heterocycles. The first kappa shape index (κ1) is 12.7. The van der Waals surface area contributed by atoms with Crippen molar-refractivity contribution in [3.8, 4) is 0 Å². The highest BCUT2D eigenvalue weighted by molar-refractivity contribution is 6.03. The molecule has 0 radical (unpaired) electrons. The summed E-state index contributed by atoms with van der Waals surface area (Å²) in [5.41, 5.74) is 8.28. The van der Waals surface area contributed by atoms with Gasteiger partial charge in [0.05, 0.1) is 23.9 Å². The van der Waals surface area contributed by atoms with Crippen molar-refractivity contribution in [2.75, 3.05) is 7.11 Å². The number of halogens is 2. The molecule has 19 heavy (non-hydrogen) atoms. The van der Waals surface area contributed by atoms with Gasteiger partial charge in [0.1, 0.15) is 0 Å². The lowest BCUT2D eigenvalue weighted by Gasteiger charge is -2.07. The molecule has 0 aliphatic heterocycles. The fraction of sp³-hybridized carbons (Fsp3) is 0.0909. The molecule has 8 heteroatoms. The van der Waals surface area contributed by atoms with Crippen LogP contribution in [-0.2, 0) is 4.74 Å². The Balaban J connectivity index is 2.87. The smallest absolute Gasteiger partial charge is 0.339 e. The quantitative estimate of drug-likeness (QED) is 0.361. The van der Waals surface area contributed by atoms with Crippen LogP contribution in [0.2, 0.25) is 0 Å². The van der Waals surface area contributed by atoms with Crippen LogP contribution in [0.1, 0.15) is 10.4 Å². The summed E-state index contributed by atoms with van der Waals surface area (Å²) in [5.74, 6) is -3.01. The Bertz CT molecular complexity index is 726. The number of pyridine rings is 1.